The molecule has 0 saturated carbocycles. The topological polar surface area (TPSA) is 38.0 Å². The summed E-state index contributed by atoms with van der Waals surface area (Å²) in [7, 11) is 0. The summed E-state index contributed by atoms with van der Waals surface area (Å²) < 4.78 is 26.8. The summed E-state index contributed by atoms with van der Waals surface area (Å²) in [5.41, 5.74) is 7.49. The van der Waals surface area contributed by atoms with Crippen LogP contribution in [0.15, 0.2) is 42.5 Å². The molecule has 0 aliphatic carbocycles. The first-order chi connectivity index (χ1) is 9.11. The molecule has 19 heavy (non-hydrogen) atoms. The molecule has 0 aromatic heterocycles. The van der Waals surface area contributed by atoms with Crippen molar-refractivity contribution in [3.05, 3.63) is 65.2 Å². The lowest BCUT2D eigenvalue weighted by Crippen LogP contribution is -2.21. The van der Waals surface area contributed by atoms with Gasteiger partial charge in [-0.2, -0.15) is 0 Å². The number of nitrogens with one attached hydrogen (secondary N) is 1. The van der Waals surface area contributed by atoms with Crippen molar-refractivity contribution in [3.8, 4) is 0 Å². The van der Waals surface area contributed by atoms with E-state index in [1.54, 1.807) is 37.3 Å². The highest BCUT2D eigenvalue weighted by Gasteiger charge is 2.12. The average Bonchev–Trinajstić information content (AvgIpc) is 2.41. The monoisotopic (exact) mass is 262 g/mol. The van der Waals surface area contributed by atoms with E-state index in [1.807, 2.05) is 0 Å². The van der Waals surface area contributed by atoms with E-state index in [4.69, 9.17) is 5.73 Å². The van der Waals surface area contributed by atoms with Gasteiger partial charge in [0.1, 0.15) is 11.6 Å². The molecular formula is C15H16F2N2. The van der Waals surface area contributed by atoms with Gasteiger partial charge in [-0.05, 0) is 36.2 Å². The second-order valence-corrected chi connectivity index (χ2v) is 4.42. The summed E-state index contributed by atoms with van der Waals surface area (Å²) in [5.74, 6) is -0.592. The SMILES string of the molecule is Cc1cc(C(CN)Nc2ccccc2F)ccc1F. The predicted molar refractivity (Wildman–Crippen MR) is 73.0 cm³/mol. The van der Waals surface area contributed by atoms with Crippen LogP contribution in [0.4, 0.5) is 14.5 Å². The van der Waals surface area contributed by atoms with Crippen LogP contribution >= 0.6 is 0 Å². The van der Waals surface area contributed by atoms with Crippen LogP contribution in [-0.4, -0.2) is 6.54 Å². The number of hydrogen-bond acceptors (Lipinski definition) is 2. The molecule has 0 bridgehead atoms. The molecule has 0 aliphatic rings. The Morgan fingerprint density at radius 1 is 1.11 bits per heavy atom. The Bertz CT molecular complexity index is 570. The van der Waals surface area contributed by atoms with Crippen LogP contribution in [-0.2, 0) is 0 Å². The fraction of sp³-hybridized carbons (Fsp3) is 0.200. The second kappa shape index (κ2) is 5.80. The van der Waals surface area contributed by atoms with Gasteiger partial charge in [-0.1, -0.05) is 24.3 Å². The smallest absolute Gasteiger partial charge is 0.146 e. The van der Waals surface area contributed by atoms with Crippen molar-refractivity contribution in [1.29, 1.82) is 0 Å². The summed E-state index contributed by atoms with van der Waals surface area (Å²) in [4.78, 5) is 0. The molecule has 2 rings (SSSR count). The summed E-state index contributed by atoms with van der Waals surface area (Å²) in [5, 5.41) is 3.04. The Balaban J connectivity index is 2.25. The molecule has 0 radical (unpaired) electrons. The van der Waals surface area contributed by atoms with Gasteiger partial charge in [0.15, 0.2) is 0 Å². The van der Waals surface area contributed by atoms with Crippen molar-refractivity contribution in [2.45, 2.75) is 13.0 Å². The van der Waals surface area contributed by atoms with Crippen LogP contribution in [0.2, 0.25) is 0 Å². The minimum absolute atomic E-state index is 0.254. The van der Waals surface area contributed by atoms with Crippen molar-refractivity contribution in [2.24, 2.45) is 5.73 Å². The maximum atomic E-state index is 13.6. The molecule has 2 aromatic carbocycles. The Labute approximate surface area is 111 Å². The molecule has 0 aliphatic heterocycles. The minimum Gasteiger partial charge on any atom is -0.375 e. The molecule has 0 fully saturated rings. The lowest BCUT2D eigenvalue weighted by atomic mass is 10.0. The molecule has 0 saturated heterocycles. The van der Waals surface area contributed by atoms with Gasteiger partial charge >= 0.3 is 0 Å². The van der Waals surface area contributed by atoms with Crippen LogP contribution < -0.4 is 11.1 Å². The number of anilines is 1. The third-order valence-electron chi connectivity index (χ3n) is 3.02. The van der Waals surface area contributed by atoms with Crippen LogP contribution in [0.1, 0.15) is 17.2 Å². The standard InChI is InChI=1S/C15H16F2N2/c1-10-8-11(6-7-12(10)16)15(9-18)19-14-5-3-2-4-13(14)17/h2-8,15,19H,9,18H2,1H3. The fourth-order valence-corrected chi connectivity index (χ4v) is 1.93. The zero-order chi connectivity index (χ0) is 13.8. The molecule has 0 spiro atoms. The van der Waals surface area contributed by atoms with Gasteiger partial charge in [0.2, 0.25) is 0 Å². The third kappa shape index (κ3) is 3.09. The summed E-state index contributed by atoms with van der Waals surface area (Å²) in [6, 6.07) is 10.9. The van der Waals surface area contributed by atoms with Crippen LogP contribution in [0, 0.1) is 18.6 Å². The Kier molecular flexibility index (Phi) is 4.12. The van der Waals surface area contributed by atoms with Gasteiger partial charge in [0, 0.05) is 6.54 Å². The molecule has 4 heteroatoms. The summed E-state index contributed by atoms with van der Waals surface area (Å²) >= 11 is 0. The van der Waals surface area contributed by atoms with Gasteiger partial charge in [0.05, 0.1) is 11.7 Å². The molecule has 0 amide bonds. The lowest BCUT2D eigenvalue weighted by molar-refractivity contribution is 0.614. The highest BCUT2D eigenvalue weighted by molar-refractivity contribution is 5.47. The highest BCUT2D eigenvalue weighted by atomic mass is 19.1. The van der Waals surface area contributed by atoms with E-state index in [2.05, 4.69) is 5.32 Å². The molecule has 0 heterocycles. The van der Waals surface area contributed by atoms with Gasteiger partial charge < -0.3 is 11.1 Å². The van der Waals surface area contributed by atoms with Crippen LogP contribution in [0.25, 0.3) is 0 Å². The Morgan fingerprint density at radius 2 is 1.84 bits per heavy atom. The molecule has 2 nitrogen and oxygen atoms in total. The van der Waals surface area contributed by atoms with Crippen molar-refractivity contribution >= 4 is 5.69 Å². The number of benzene rings is 2. The quantitative estimate of drug-likeness (QED) is 0.886. The minimum atomic E-state index is -0.334. The average molecular weight is 262 g/mol. The van der Waals surface area contributed by atoms with E-state index >= 15 is 0 Å². The van der Waals surface area contributed by atoms with Crippen molar-refractivity contribution in [2.75, 3.05) is 11.9 Å². The zero-order valence-corrected chi connectivity index (χ0v) is 10.7. The summed E-state index contributed by atoms with van der Waals surface area (Å²) in [6.07, 6.45) is 0. The zero-order valence-electron chi connectivity index (χ0n) is 10.7. The van der Waals surface area contributed by atoms with E-state index in [0.717, 1.165) is 5.56 Å². The molecule has 1 atom stereocenters. The van der Waals surface area contributed by atoms with Crippen molar-refractivity contribution in [3.63, 3.8) is 0 Å². The van der Waals surface area contributed by atoms with Gasteiger partial charge in [0.25, 0.3) is 0 Å². The first-order valence-corrected chi connectivity index (χ1v) is 6.09. The lowest BCUT2D eigenvalue weighted by Gasteiger charge is -2.19. The first-order valence-electron chi connectivity index (χ1n) is 6.09. The number of nitrogens with two attached hydrogens (primary N) is 1. The molecular weight excluding hydrogens is 246 g/mol. The maximum Gasteiger partial charge on any atom is 0.146 e. The number of halogens is 2. The van der Waals surface area contributed by atoms with E-state index in [-0.39, 0.29) is 17.7 Å². The first kappa shape index (κ1) is 13.5. The highest BCUT2D eigenvalue weighted by Crippen LogP contribution is 2.22. The number of hydrogen-bond donors (Lipinski definition) is 2. The van der Waals surface area contributed by atoms with Gasteiger partial charge in [-0.25, -0.2) is 8.78 Å². The van der Waals surface area contributed by atoms with Gasteiger partial charge in [-0.3, -0.25) is 0 Å². The van der Waals surface area contributed by atoms with E-state index in [0.29, 0.717) is 17.8 Å². The molecule has 2 aromatic rings. The van der Waals surface area contributed by atoms with Crippen LogP contribution in [0.5, 0.6) is 0 Å². The van der Waals surface area contributed by atoms with Gasteiger partial charge in [-0.15, -0.1) is 0 Å². The summed E-state index contributed by atoms with van der Waals surface area (Å²) in [6.45, 7) is 1.98. The predicted octanol–water partition coefficient (Wildman–Crippen LogP) is 3.39. The maximum absolute atomic E-state index is 13.6. The van der Waals surface area contributed by atoms with Crippen LogP contribution in [0.3, 0.4) is 0 Å². The largest absolute Gasteiger partial charge is 0.375 e. The normalized spacial score (nSPS) is 12.2. The Morgan fingerprint density at radius 3 is 2.47 bits per heavy atom. The van der Waals surface area contributed by atoms with E-state index in [1.165, 1.54) is 12.1 Å². The van der Waals surface area contributed by atoms with Crippen molar-refractivity contribution in [1.82, 2.24) is 0 Å². The van der Waals surface area contributed by atoms with E-state index in [9.17, 15) is 8.78 Å². The number of aryl methyl sites for hydroxylation is 1. The number of para-hydroxylation sites is 1. The Hall–Kier alpha value is -1.94. The van der Waals surface area contributed by atoms with E-state index < -0.39 is 0 Å². The molecule has 3 N–H and O–H groups in total. The van der Waals surface area contributed by atoms with Crippen molar-refractivity contribution < 1.29 is 8.78 Å². The molecule has 100 valence electrons. The second-order valence-electron chi connectivity index (χ2n) is 4.42. The third-order valence-corrected chi connectivity index (χ3v) is 3.02. The molecule has 1 unspecified atom stereocenters. The number of rotatable bonds is 4. The fourth-order valence-electron chi connectivity index (χ4n) is 1.93.